The highest BCUT2D eigenvalue weighted by molar-refractivity contribution is 9.10. The highest BCUT2D eigenvalue weighted by Gasteiger charge is 2.19. The van der Waals surface area contributed by atoms with Crippen LogP contribution in [0.25, 0.3) is 0 Å². The topological polar surface area (TPSA) is 12.5 Å². The SMILES string of the molecule is CC1CCCN1CCc1ccc(OCc2ccccc2)c(Br)c1. The minimum Gasteiger partial charge on any atom is -0.488 e. The summed E-state index contributed by atoms with van der Waals surface area (Å²) >= 11 is 3.65. The Balaban J connectivity index is 1.55. The van der Waals surface area contributed by atoms with E-state index >= 15 is 0 Å². The molecule has 3 rings (SSSR count). The summed E-state index contributed by atoms with van der Waals surface area (Å²) in [6.07, 6.45) is 3.79. The molecule has 0 radical (unpaired) electrons. The van der Waals surface area contributed by atoms with Crippen molar-refractivity contribution in [3.8, 4) is 5.75 Å². The number of halogens is 1. The van der Waals surface area contributed by atoms with Gasteiger partial charge in [0, 0.05) is 12.6 Å². The molecule has 2 nitrogen and oxygen atoms in total. The zero-order chi connectivity index (χ0) is 16.1. The second-order valence-electron chi connectivity index (χ2n) is 6.32. The molecule has 1 aliphatic heterocycles. The number of hydrogen-bond acceptors (Lipinski definition) is 2. The van der Waals surface area contributed by atoms with Crippen molar-refractivity contribution in [2.45, 2.75) is 38.8 Å². The smallest absolute Gasteiger partial charge is 0.134 e. The van der Waals surface area contributed by atoms with Crippen LogP contribution in [0.5, 0.6) is 5.75 Å². The first-order valence-electron chi connectivity index (χ1n) is 8.41. The van der Waals surface area contributed by atoms with Crippen LogP contribution in [-0.4, -0.2) is 24.0 Å². The van der Waals surface area contributed by atoms with Crippen LogP contribution < -0.4 is 4.74 Å². The number of nitrogens with zero attached hydrogens (tertiary/aromatic N) is 1. The van der Waals surface area contributed by atoms with Crippen molar-refractivity contribution >= 4 is 15.9 Å². The fraction of sp³-hybridized carbons (Fsp3) is 0.400. The van der Waals surface area contributed by atoms with E-state index in [2.05, 4.69) is 58.1 Å². The molecule has 0 aromatic heterocycles. The molecule has 3 heteroatoms. The van der Waals surface area contributed by atoms with Crippen molar-refractivity contribution in [1.29, 1.82) is 0 Å². The van der Waals surface area contributed by atoms with Crippen molar-refractivity contribution in [2.24, 2.45) is 0 Å². The summed E-state index contributed by atoms with van der Waals surface area (Å²) in [5.41, 5.74) is 2.55. The van der Waals surface area contributed by atoms with Gasteiger partial charge in [0.05, 0.1) is 4.47 Å². The summed E-state index contributed by atoms with van der Waals surface area (Å²) in [6, 6.07) is 17.5. The van der Waals surface area contributed by atoms with E-state index in [1.165, 1.54) is 30.5 Å². The van der Waals surface area contributed by atoms with Gasteiger partial charge in [0.15, 0.2) is 0 Å². The molecule has 1 unspecified atom stereocenters. The predicted octanol–water partition coefficient (Wildman–Crippen LogP) is 5.05. The maximum absolute atomic E-state index is 5.92. The highest BCUT2D eigenvalue weighted by Crippen LogP contribution is 2.27. The van der Waals surface area contributed by atoms with Gasteiger partial charge < -0.3 is 9.64 Å². The number of rotatable bonds is 6. The Morgan fingerprint density at radius 2 is 1.96 bits per heavy atom. The molecule has 122 valence electrons. The third kappa shape index (κ3) is 4.58. The summed E-state index contributed by atoms with van der Waals surface area (Å²) in [7, 11) is 0. The quantitative estimate of drug-likeness (QED) is 0.701. The Kier molecular flexibility index (Phi) is 5.74. The van der Waals surface area contributed by atoms with Gasteiger partial charge in [0.1, 0.15) is 12.4 Å². The lowest BCUT2D eigenvalue weighted by Crippen LogP contribution is -2.28. The Bertz CT molecular complexity index is 629. The normalized spacial score (nSPS) is 18.3. The van der Waals surface area contributed by atoms with Gasteiger partial charge in [-0.1, -0.05) is 36.4 Å². The Hall–Kier alpha value is -1.32. The maximum atomic E-state index is 5.92. The molecule has 0 bridgehead atoms. The number of ether oxygens (including phenoxy) is 1. The van der Waals surface area contributed by atoms with Crippen LogP contribution in [0.4, 0.5) is 0 Å². The van der Waals surface area contributed by atoms with E-state index in [1.54, 1.807) is 0 Å². The lowest BCUT2D eigenvalue weighted by molar-refractivity contribution is 0.272. The summed E-state index contributed by atoms with van der Waals surface area (Å²) in [5, 5.41) is 0. The number of benzene rings is 2. The van der Waals surface area contributed by atoms with Crippen LogP contribution in [0.3, 0.4) is 0 Å². The van der Waals surface area contributed by atoms with E-state index in [0.29, 0.717) is 6.61 Å². The molecule has 1 atom stereocenters. The molecule has 2 aromatic carbocycles. The third-order valence-electron chi connectivity index (χ3n) is 4.61. The van der Waals surface area contributed by atoms with E-state index in [4.69, 9.17) is 4.74 Å². The van der Waals surface area contributed by atoms with E-state index in [9.17, 15) is 0 Å². The van der Waals surface area contributed by atoms with Crippen molar-refractivity contribution in [1.82, 2.24) is 4.90 Å². The van der Waals surface area contributed by atoms with E-state index in [0.717, 1.165) is 29.2 Å². The average molecular weight is 374 g/mol. The predicted molar refractivity (Wildman–Crippen MR) is 98.9 cm³/mol. The standard InChI is InChI=1S/C20H24BrNO/c1-16-6-5-12-22(16)13-11-17-9-10-20(19(21)14-17)23-15-18-7-3-2-4-8-18/h2-4,7-10,14,16H,5-6,11-13,15H2,1H3. The van der Waals surface area contributed by atoms with Crippen molar-refractivity contribution in [3.63, 3.8) is 0 Å². The Morgan fingerprint density at radius 1 is 1.13 bits per heavy atom. The largest absolute Gasteiger partial charge is 0.488 e. The monoisotopic (exact) mass is 373 g/mol. The van der Waals surface area contributed by atoms with Crippen LogP contribution in [0, 0.1) is 0 Å². The van der Waals surface area contributed by atoms with Crippen LogP contribution in [0.1, 0.15) is 30.9 Å². The van der Waals surface area contributed by atoms with Crippen molar-refractivity contribution < 1.29 is 4.74 Å². The van der Waals surface area contributed by atoms with Crippen LogP contribution in [0.15, 0.2) is 53.0 Å². The van der Waals surface area contributed by atoms with E-state index < -0.39 is 0 Å². The summed E-state index contributed by atoms with van der Waals surface area (Å²) in [5.74, 6) is 0.909. The molecule has 23 heavy (non-hydrogen) atoms. The second kappa shape index (κ2) is 7.98. The van der Waals surface area contributed by atoms with Crippen molar-refractivity contribution in [3.05, 3.63) is 64.1 Å². The maximum Gasteiger partial charge on any atom is 0.134 e. The lowest BCUT2D eigenvalue weighted by atomic mass is 10.1. The molecule has 0 saturated carbocycles. The van der Waals surface area contributed by atoms with Gasteiger partial charge in [-0.3, -0.25) is 0 Å². The average Bonchev–Trinajstić information content (AvgIpc) is 2.98. The number of hydrogen-bond donors (Lipinski definition) is 0. The molecule has 0 amide bonds. The zero-order valence-corrected chi connectivity index (χ0v) is 15.3. The van der Waals surface area contributed by atoms with Crippen LogP contribution in [0.2, 0.25) is 0 Å². The summed E-state index contributed by atoms with van der Waals surface area (Å²) in [6.45, 7) is 5.34. The summed E-state index contributed by atoms with van der Waals surface area (Å²) < 4.78 is 6.96. The molecule has 1 saturated heterocycles. The van der Waals surface area contributed by atoms with Gasteiger partial charge >= 0.3 is 0 Å². The fourth-order valence-corrected chi connectivity index (χ4v) is 3.69. The Labute approximate surface area is 147 Å². The minimum atomic E-state index is 0.601. The highest BCUT2D eigenvalue weighted by atomic mass is 79.9. The Morgan fingerprint density at radius 3 is 2.65 bits per heavy atom. The molecular weight excluding hydrogens is 350 g/mol. The first-order chi connectivity index (χ1) is 11.2. The van der Waals surface area contributed by atoms with E-state index in [1.807, 2.05) is 18.2 Å². The number of likely N-dealkylation sites (tertiary alicyclic amines) is 1. The first kappa shape index (κ1) is 16.5. The molecule has 2 aromatic rings. The minimum absolute atomic E-state index is 0.601. The molecule has 0 spiro atoms. The third-order valence-corrected chi connectivity index (χ3v) is 5.23. The molecule has 0 N–H and O–H groups in total. The summed E-state index contributed by atoms with van der Waals surface area (Å²) in [4.78, 5) is 2.59. The van der Waals surface area contributed by atoms with Crippen LogP contribution in [-0.2, 0) is 13.0 Å². The van der Waals surface area contributed by atoms with Crippen molar-refractivity contribution in [2.75, 3.05) is 13.1 Å². The van der Waals surface area contributed by atoms with Gasteiger partial charge in [-0.05, 0) is 71.9 Å². The van der Waals surface area contributed by atoms with Gasteiger partial charge in [-0.25, -0.2) is 0 Å². The van der Waals surface area contributed by atoms with E-state index in [-0.39, 0.29) is 0 Å². The van der Waals surface area contributed by atoms with Crippen LogP contribution >= 0.6 is 15.9 Å². The van der Waals surface area contributed by atoms with Gasteiger partial charge in [-0.15, -0.1) is 0 Å². The molecule has 0 aliphatic carbocycles. The molecule has 1 fully saturated rings. The van der Waals surface area contributed by atoms with Gasteiger partial charge in [-0.2, -0.15) is 0 Å². The molecular formula is C20H24BrNO. The lowest BCUT2D eigenvalue weighted by Gasteiger charge is -2.20. The molecule has 1 heterocycles. The molecule has 1 aliphatic rings. The fourth-order valence-electron chi connectivity index (χ4n) is 3.15. The van der Waals surface area contributed by atoms with Gasteiger partial charge in [0.2, 0.25) is 0 Å². The zero-order valence-electron chi connectivity index (χ0n) is 13.7. The first-order valence-corrected chi connectivity index (χ1v) is 9.21. The second-order valence-corrected chi connectivity index (χ2v) is 7.17. The van der Waals surface area contributed by atoms with Gasteiger partial charge in [0.25, 0.3) is 0 Å².